The van der Waals surface area contributed by atoms with E-state index in [0.717, 1.165) is 5.56 Å². The fourth-order valence-electron chi connectivity index (χ4n) is 1.26. The largest absolute Gasteiger partial charge is 0.481 e. The molecule has 0 spiro atoms. The van der Waals surface area contributed by atoms with Crippen LogP contribution in [0.15, 0.2) is 36.9 Å². The number of hydrogen-bond acceptors (Lipinski definition) is 2. The zero-order valence-corrected chi connectivity index (χ0v) is 9.69. The molecule has 1 amide bonds. The van der Waals surface area contributed by atoms with E-state index in [4.69, 9.17) is 4.74 Å². The van der Waals surface area contributed by atoms with Crippen LogP contribution in [0, 0.1) is 6.92 Å². The van der Waals surface area contributed by atoms with Gasteiger partial charge in [0.05, 0.1) is 0 Å². The first kappa shape index (κ1) is 12.3. The van der Waals surface area contributed by atoms with E-state index < -0.39 is 6.10 Å². The van der Waals surface area contributed by atoms with Crippen molar-refractivity contribution in [1.82, 2.24) is 5.32 Å². The maximum absolute atomic E-state index is 11.5. The van der Waals surface area contributed by atoms with Gasteiger partial charge in [0.15, 0.2) is 6.10 Å². The molecule has 3 nitrogen and oxygen atoms in total. The molecule has 0 aliphatic carbocycles. The van der Waals surface area contributed by atoms with Gasteiger partial charge in [0, 0.05) is 6.54 Å². The van der Waals surface area contributed by atoms with Crippen molar-refractivity contribution in [2.45, 2.75) is 20.0 Å². The van der Waals surface area contributed by atoms with Gasteiger partial charge in [0.25, 0.3) is 5.91 Å². The Morgan fingerprint density at radius 2 is 2.38 bits per heavy atom. The zero-order chi connectivity index (χ0) is 12.0. The number of nitrogens with one attached hydrogen (secondary N) is 1. The molecule has 16 heavy (non-hydrogen) atoms. The van der Waals surface area contributed by atoms with Crippen LogP contribution < -0.4 is 10.1 Å². The minimum atomic E-state index is -0.498. The lowest BCUT2D eigenvalue weighted by Gasteiger charge is -2.14. The van der Waals surface area contributed by atoms with Crippen LogP contribution in [0.1, 0.15) is 12.5 Å². The van der Waals surface area contributed by atoms with Crippen molar-refractivity contribution in [1.29, 1.82) is 0 Å². The van der Waals surface area contributed by atoms with Crippen molar-refractivity contribution in [3.63, 3.8) is 0 Å². The number of carbonyl (C=O) groups excluding carboxylic acids is 1. The van der Waals surface area contributed by atoms with E-state index in [1.54, 1.807) is 13.0 Å². The average Bonchev–Trinajstić information content (AvgIpc) is 2.25. The van der Waals surface area contributed by atoms with Gasteiger partial charge in [0.1, 0.15) is 5.75 Å². The highest BCUT2D eigenvalue weighted by molar-refractivity contribution is 5.80. The van der Waals surface area contributed by atoms with E-state index in [1.807, 2.05) is 31.2 Å². The van der Waals surface area contributed by atoms with Gasteiger partial charge in [-0.05, 0) is 31.5 Å². The molecule has 1 rings (SSSR count). The number of aryl methyl sites for hydroxylation is 1. The maximum Gasteiger partial charge on any atom is 0.261 e. The molecule has 0 saturated carbocycles. The fraction of sp³-hybridized carbons (Fsp3) is 0.308. The zero-order valence-electron chi connectivity index (χ0n) is 9.69. The van der Waals surface area contributed by atoms with E-state index in [-0.39, 0.29) is 5.91 Å². The van der Waals surface area contributed by atoms with Crippen molar-refractivity contribution in [2.75, 3.05) is 6.54 Å². The highest BCUT2D eigenvalue weighted by atomic mass is 16.5. The molecule has 0 aromatic heterocycles. The molecule has 0 radical (unpaired) electrons. The number of benzene rings is 1. The molecule has 0 aliphatic heterocycles. The van der Waals surface area contributed by atoms with Crippen molar-refractivity contribution in [2.24, 2.45) is 0 Å². The van der Waals surface area contributed by atoms with Gasteiger partial charge < -0.3 is 10.1 Å². The molecular weight excluding hydrogens is 202 g/mol. The molecule has 0 heterocycles. The Labute approximate surface area is 96.1 Å². The topological polar surface area (TPSA) is 38.3 Å². The van der Waals surface area contributed by atoms with E-state index in [1.165, 1.54) is 0 Å². The van der Waals surface area contributed by atoms with E-state index in [9.17, 15) is 4.79 Å². The SMILES string of the molecule is C=CCNC(=O)[C@H](C)Oc1cccc(C)c1. The highest BCUT2D eigenvalue weighted by Crippen LogP contribution is 2.14. The molecule has 86 valence electrons. The molecule has 3 heteroatoms. The van der Waals surface area contributed by atoms with Gasteiger partial charge in [0.2, 0.25) is 0 Å². The van der Waals surface area contributed by atoms with Gasteiger partial charge in [-0.2, -0.15) is 0 Å². The van der Waals surface area contributed by atoms with Gasteiger partial charge in [-0.1, -0.05) is 18.2 Å². The summed E-state index contributed by atoms with van der Waals surface area (Å²) < 4.78 is 5.51. The second-order valence-corrected chi connectivity index (χ2v) is 3.61. The van der Waals surface area contributed by atoms with Crippen molar-refractivity contribution in [3.8, 4) is 5.75 Å². The molecule has 0 bridgehead atoms. The van der Waals surface area contributed by atoms with Crippen LogP contribution >= 0.6 is 0 Å². The van der Waals surface area contributed by atoms with E-state index in [0.29, 0.717) is 12.3 Å². The van der Waals surface area contributed by atoms with Gasteiger partial charge in [-0.3, -0.25) is 4.79 Å². The lowest BCUT2D eigenvalue weighted by molar-refractivity contribution is -0.127. The summed E-state index contributed by atoms with van der Waals surface area (Å²) in [5, 5.41) is 2.68. The summed E-state index contributed by atoms with van der Waals surface area (Å²) in [5.41, 5.74) is 1.11. The molecule has 1 atom stereocenters. The van der Waals surface area contributed by atoms with Crippen molar-refractivity contribution >= 4 is 5.91 Å². The first-order valence-corrected chi connectivity index (χ1v) is 5.25. The molecule has 0 aliphatic rings. The summed E-state index contributed by atoms with van der Waals surface area (Å²) in [6.45, 7) is 7.70. The summed E-state index contributed by atoms with van der Waals surface area (Å²) in [5.74, 6) is 0.572. The summed E-state index contributed by atoms with van der Waals surface area (Å²) in [4.78, 5) is 11.5. The highest BCUT2D eigenvalue weighted by Gasteiger charge is 2.13. The molecule has 1 N–H and O–H groups in total. The quantitative estimate of drug-likeness (QED) is 0.770. The number of carbonyl (C=O) groups is 1. The maximum atomic E-state index is 11.5. The predicted octanol–water partition coefficient (Wildman–Crippen LogP) is 2.06. The van der Waals surface area contributed by atoms with Crippen LogP contribution in [0.3, 0.4) is 0 Å². The van der Waals surface area contributed by atoms with E-state index >= 15 is 0 Å². The molecular formula is C13H17NO2. The van der Waals surface area contributed by atoms with Crippen LogP contribution in [-0.4, -0.2) is 18.6 Å². The Balaban J connectivity index is 2.53. The minimum Gasteiger partial charge on any atom is -0.481 e. The van der Waals surface area contributed by atoms with Crippen LogP contribution in [0.4, 0.5) is 0 Å². The molecule has 0 saturated heterocycles. The van der Waals surface area contributed by atoms with Crippen molar-refractivity contribution < 1.29 is 9.53 Å². The molecule has 1 aromatic carbocycles. The molecule has 0 fully saturated rings. The number of amides is 1. The third-order valence-corrected chi connectivity index (χ3v) is 2.09. The minimum absolute atomic E-state index is 0.138. The Morgan fingerprint density at radius 1 is 1.62 bits per heavy atom. The summed E-state index contributed by atoms with van der Waals surface area (Å²) in [6, 6.07) is 7.62. The van der Waals surface area contributed by atoms with Crippen LogP contribution in [0.2, 0.25) is 0 Å². The monoisotopic (exact) mass is 219 g/mol. The average molecular weight is 219 g/mol. The van der Waals surface area contributed by atoms with E-state index in [2.05, 4.69) is 11.9 Å². The first-order valence-electron chi connectivity index (χ1n) is 5.25. The number of hydrogen-bond donors (Lipinski definition) is 1. The molecule has 1 aromatic rings. The Morgan fingerprint density at radius 3 is 3.00 bits per heavy atom. The van der Waals surface area contributed by atoms with Crippen LogP contribution in [0.25, 0.3) is 0 Å². The standard InChI is InChI=1S/C13H17NO2/c1-4-8-14-13(15)11(3)16-12-7-5-6-10(2)9-12/h4-7,9,11H,1,8H2,2-3H3,(H,14,15)/t11-/m0/s1. The van der Waals surface area contributed by atoms with Gasteiger partial charge in [-0.25, -0.2) is 0 Å². The first-order chi connectivity index (χ1) is 7.63. The Bertz CT molecular complexity index is 374. The van der Waals surface area contributed by atoms with Gasteiger partial charge >= 0.3 is 0 Å². The Kier molecular flexibility index (Phi) is 4.58. The second kappa shape index (κ2) is 5.95. The molecule has 0 unspecified atom stereocenters. The lowest BCUT2D eigenvalue weighted by atomic mass is 10.2. The lowest BCUT2D eigenvalue weighted by Crippen LogP contribution is -2.36. The third-order valence-electron chi connectivity index (χ3n) is 2.09. The fourth-order valence-corrected chi connectivity index (χ4v) is 1.26. The number of rotatable bonds is 5. The van der Waals surface area contributed by atoms with Crippen LogP contribution in [-0.2, 0) is 4.79 Å². The third kappa shape index (κ3) is 3.77. The van der Waals surface area contributed by atoms with Crippen molar-refractivity contribution in [3.05, 3.63) is 42.5 Å². The summed E-state index contributed by atoms with van der Waals surface area (Å²) >= 11 is 0. The van der Waals surface area contributed by atoms with Crippen LogP contribution in [0.5, 0.6) is 5.75 Å². The smallest absolute Gasteiger partial charge is 0.261 e. The normalized spacial score (nSPS) is 11.6. The summed E-state index contributed by atoms with van der Waals surface area (Å²) in [7, 11) is 0. The summed E-state index contributed by atoms with van der Waals surface area (Å²) in [6.07, 6.45) is 1.14. The predicted molar refractivity (Wildman–Crippen MR) is 64.5 cm³/mol. The van der Waals surface area contributed by atoms with Gasteiger partial charge in [-0.15, -0.1) is 6.58 Å². The second-order valence-electron chi connectivity index (χ2n) is 3.61. The Hall–Kier alpha value is -1.77. The number of ether oxygens (including phenoxy) is 1.